The van der Waals surface area contributed by atoms with Crippen LogP contribution in [-0.4, -0.2) is 22.0 Å². The Labute approximate surface area is 132 Å². The molecule has 4 rings (SSSR count). The topological polar surface area (TPSA) is 42.1 Å². The highest BCUT2D eigenvalue weighted by Gasteiger charge is 2.45. The smallest absolute Gasteiger partial charge is 0.0503 e. The maximum atomic E-state index is 5.87. The SMILES string of the molecule is Nc1cncc(CC2CC3CCC2N3Cc2ccccc2)c1. The van der Waals surface area contributed by atoms with Crippen LogP contribution in [0.3, 0.4) is 0 Å². The Kier molecular flexibility index (Phi) is 3.59. The Morgan fingerprint density at radius 3 is 2.77 bits per heavy atom. The van der Waals surface area contributed by atoms with Crippen LogP contribution >= 0.6 is 0 Å². The molecule has 3 nitrogen and oxygen atoms in total. The van der Waals surface area contributed by atoms with Gasteiger partial charge in [0.05, 0.1) is 5.69 Å². The lowest BCUT2D eigenvalue weighted by Crippen LogP contribution is -2.30. The number of hydrogen-bond donors (Lipinski definition) is 1. The zero-order valence-corrected chi connectivity index (χ0v) is 12.9. The molecule has 1 aromatic heterocycles. The number of aromatic nitrogens is 1. The third kappa shape index (κ3) is 2.61. The summed E-state index contributed by atoms with van der Waals surface area (Å²) in [4.78, 5) is 6.97. The lowest BCUT2D eigenvalue weighted by atomic mass is 9.85. The Bertz CT molecular complexity index is 640. The Morgan fingerprint density at radius 2 is 1.95 bits per heavy atom. The minimum atomic E-state index is 0.728. The van der Waals surface area contributed by atoms with Crippen molar-refractivity contribution in [2.24, 2.45) is 5.92 Å². The lowest BCUT2D eigenvalue weighted by molar-refractivity contribution is 0.227. The van der Waals surface area contributed by atoms with Gasteiger partial charge in [0, 0.05) is 31.0 Å². The van der Waals surface area contributed by atoms with Crippen molar-refractivity contribution in [2.75, 3.05) is 5.73 Å². The van der Waals surface area contributed by atoms with Crippen LogP contribution in [0.5, 0.6) is 0 Å². The average Bonchev–Trinajstić information content (AvgIpc) is 3.05. The zero-order valence-electron chi connectivity index (χ0n) is 12.9. The van der Waals surface area contributed by atoms with Gasteiger partial charge in [-0.2, -0.15) is 0 Å². The summed E-state index contributed by atoms with van der Waals surface area (Å²) in [5.41, 5.74) is 9.37. The summed E-state index contributed by atoms with van der Waals surface area (Å²) < 4.78 is 0. The second-order valence-corrected chi connectivity index (χ2v) is 6.78. The first-order valence-corrected chi connectivity index (χ1v) is 8.28. The van der Waals surface area contributed by atoms with E-state index in [0.29, 0.717) is 0 Å². The van der Waals surface area contributed by atoms with E-state index < -0.39 is 0 Å². The highest BCUT2D eigenvalue weighted by molar-refractivity contribution is 5.37. The number of hydrogen-bond acceptors (Lipinski definition) is 3. The van der Waals surface area contributed by atoms with Crippen LogP contribution in [0.4, 0.5) is 5.69 Å². The first kappa shape index (κ1) is 13.8. The van der Waals surface area contributed by atoms with E-state index in [0.717, 1.165) is 36.7 Å². The molecule has 2 aromatic rings. The van der Waals surface area contributed by atoms with Gasteiger partial charge in [0.15, 0.2) is 0 Å². The van der Waals surface area contributed by atoms with Crippen molar-refractivity contribution in [3.05, 3.63) is 59.9 Å². The molecule has 3 atom stereocenters. The van der Waals surface area contributed by atoms with Crippen molar-refractivity contribution in [3.8, 4) is 0 Å². The minimum Gasteiger partial charge on any atom is -0.397 e. The standard InChI is InChI=1S/C19H23N3/c20-17-9-15(11-21-12-17)8-16-10-18-6-7-19(16)22(18)13-14-4-2-1-3-5-14/h1-5,9,11-12,16,18-19H,6-8,10,13,20H2. The van der Waals surface area contributed by atoms with E-state index in [1.54, 1.807) is 6.20 Å². The summed E-state index contributed by atoms with van der Waals surface area (Å²) in [5, 5.41) is 0. The van der Waals surface area contributed by atoms with E-state index in [-0.39, 0.29) is 0 Å². The second-order valence-electron chi connectivity index (χ2n) is 6.78. The number of anilines is 1. The third-order valence-corrected chi connectivity index (χ3v) is 5.33. The average molecular weight is 293 g/mol. The molecule has 0 spiro atoms. The molecule has 2 bridgehead atoms. The Morgan fingerprint density at radius 1 is 1.09 bits per heavy atom. The van der Waals surface area contributed by atoms with E-state index in [1.165, 1.54) is 30.4 Å². The number of benzene rings is 1. The normalized spacial score (nSPS) is 27.4. The molecule has 2 N–H and O–H groups in total. The quantitative estimate of drug-likeness (QED) is 0.941. The lowest BCUT2D eigenvalue weighted by Gasteiger charge is -2.24. The zero-order chi connectivity index (χ0) is 14.9. The number of nitrogens with zero attached hydrogens (tertiary/aromatic N) is 2. The van der Waals surface area contributed by atoms with Crippen LogP contribution in [0.15, 0.2) is 48.8 Å². The molecule has 0 radical (unpaired) electrons. The molecule has 1 aromatic carbocycles. The molecule has 0 aliphatic carbocycles. The van der Waals surface area contributed by atoms with Crippen molar-refractivity contribution >= 4 is 5.69 Å². The van der Waals surface area contributed by atoms with Crippen molar-refractivity contribution in [2.45, 2.75) is 44.3 Å². The molecule has 114 valence electrons. The molecular weight excluding hydrogens is 270 g/mol. The van der Waals surface area contributed by atoms with E-state index in [4.69, 9.17) is 5.73 Å². The van der Waals surface area contributed by atoms with Crippen LogP contribution in [0, 0.1) is 5.92 Å². The van der Waals surface area contributed by atoms with Gasteiger partial charge in [-0.3, -0.25) is 9.88 Å². The molecular formula is C19H23N3. The first-order valence-electron chi connectivity index (χ1n) is 8.28. The number of nitrogens with two attached hydrogens (primary N) is 1. The van der Waals surface area contributed by atoms with E-state index in [1.807, 2.05) is 6.20 Å². The molecule has 0 amide bonds. The van der Waals surface area contributed by atoms with Crippen molar-refractivity contribution in [3.63, 3.8) is 0 Å². The van der Waals surface area contributed by atoms with Gasteiger partial charge in [-0.1, -0.05) is 30.3 Å². The molecule has 2 aliphatic heterocycles. The van der Waals surface area contributed by atoms with E-state index in [9.17, 15) is 0 Å². The largest absolute Gasteiger partial charge is 0.397 e. The molecule has 0 saturated carbocycles. The predicted octanol–water partition coefficient (Wildman–Crippen LogP) is 3.26. The van der Waals surface area contributed by atoms with Gasteiger partial charge >= 0.3 is 0 Å². The molecule has 2 saturated heterocycles. The summed E-state index contributed by atoms with van der Waals surface area (Å²) in [6, 6.07) is 14.4. The predicted molar refractivity (Wildman–Crippen MR) is 89.3 cm³/mol. The van der Waals surface area contributed by atoms with Gasteiger partial charge in [-0.25, -0.2) is 0 Å². The van der Waals surface area contributed by atoms with Gasteiger partial charge in [0.25, 0.3) is 0 Å². The first-order chi connectivity index (χ1) is 10.8. The van der Waals surface area contributed by atoms with E-state index >= 15 is 0 Å². The highest BCUT2D eigenvalue weighted by atomic mass is 15.2. The molecule has 2 fully saturated rings. The summed E-state index contributed by atoms with van der Waals surface area (Å²) in [5.74, 6) is 0.756. The van der Waals surface area contributed by atoms with Crippen molar-refractivity contribution in [1.29, 1.82) is 0 Å². The van der Waals surface area contributed by atoms with Gasteiger partial charge in [-0.15, -0.1) is 0 Å². The summed E-state index contributed by atoms with van der Waals surface area (Å²) in [6.45, 7) is 1.10. The number of nitrogen functional groups attached to an aromatic ring is 1. The maximum absolute atomic E-state index is 5.87. The summed E-state index contributed by atoms with van der Waals surface area (Å²) >= 11 is 0. The summed E-state index contributed by atoms with van der Waals surface area (Å²) in [7, 11) is 0. The number of fused-ring (bicyclic) bond motifs is 2. The molecule has 22 heavy (non-hydrogen) atoms. The fourth-order valence-electron chi connectivity index (χ4n) is 4.41. The fraction of sp³-hybridized carbons (Fsp3) is 0.421. The molecule has 3 heterocycles. The van der Waals surface area contributed by atoms with Crippen LogP contribution in [-0.2, 0) is 13.0 Å². The van der Waals surface area contributed by atoms with Crippen molar-refractivity contribution < 1.29 is 0 Å². The molecule has 3 unspecified atom stereocenters. The van der Waals surface area contributed by atoms with Gasteiger partial charge in [0.2, 0.25) is 0 Å². The summed E-state index contributed by atoms with van der Waals surface area (Å²) in [6.07, 6.45) is 8.85. The van der Waals surface area contributed by atoms with Gasteiger partial charge in [0.1, 0.15) is 0 Å². The fourth-order valence-corrected chi connectivity index (χ4v) is 4.41. The van der Waals surface area contributed by atoms with Crippen LogP contribution in [0.2, 0.25) is 0 Å². The monoisotopic (exact) mass is 293 g/mol. The maximum Gasteiger partial charge on any atom is 0.0503 e. The second kappa shape index (κ2) is 5.73. The molecule has 2 aliphatic rings. The third-order valence-electron chi connectivity index (χ3n) is 5.33. The van der Waals surface area contributed by atoms with Crippen LogP contribution < -0.4 is 5.73 Å². The van der Waals surface area contributed by atoms with Crippen LogP contribution in [0.25, 0.3) is 0 Å². The Balaban J connectivity index is 1.46. The highest BCUT2D eigenvalue weighted by Crippen LogP contribution is 2.43. The minimum absolute atomic E-state index is 0.728. The van der Waals surface area contributed by atoms with Crippen molar-refractivity contribution in [1.82, 2.24) is 9.88 Å². The van der Waals surface area contributed by atoms with Crippen LogP contribution in [0.1, 0.15) is 30.4 Å². The Hall–Kier alpha value is -1.87. The van der Waals surface area contributed by atoms with Gasteiger partial charge < -0.3 is 5.73 Å². The number of rotatable bonds is 4. The van der Waals surface area contributed by atoms with Gasteiger partial charge in [-0.05, 0) is 48.8 Å². The number of pyridine rings is 1. The molecule has 3 heteroatoms. The van der Waals surface area contributed by atoms with E-state index in [2.05, 4.69) is 46.3 Å².